The molecule has 0 fully saturated rings. The third-order valence-corrected chi connectivity index (χ3v) is 17.2. The van der Waals surface area contributed by atoms with Crippen molar-refractivity contribution >= 4 is 39.5 Å². The maximum absolute atomic E-state index is 13.0. The van der Waals surface area contributed by atoms with Gasteiger partial charge in [0.25, 0.3) is 0 Å². The van der Waals surface area contributed by atoms with E-state index in [9.17, 15) is 43.2 Å². The number of hydrogen-bond acceptors (Lipinski definition) is 15. The van der Waals surface area contributed by atoms with Crippen LogP contribution in [-0.4, -0.2) is 96.7 Å². The van der Waals surface area contributed by atoms with Gasteiger partial charge in [0.2, 0.25) is 0 Å². The molecule has 3 N–H and O–H groups in total. The van der Waals surface area contributed by atoms with Gasteiger partial charge in [-0.25, -0.2) is 9.13 Å². The highest BCUT2D eigenvalue weighted by molar-refractivity contribution is 7.47. The lowest BCUT2D eigenvalue weighted by atomic mass is 10.0. The Morgan fingerprint density at radius 1 is 0.291 bits per heavy atom. The van der Waals surface area contributed by atoms with Crippen molar-refractivity contribution in [2.24, 2.45) is 23.7 Å². The number of aliphatic hydroxyl groups is 1. The molecule has 17 nitrogen and oxygen atoms in total. The summed E-state index contributed by atoms with van der Waals surface area (Å²) in [4.78, 5) is 72.3. The first-order valence-corrected chi connectivity index (χ1v) is 37.7. The molecule has 86 heavy (non-hydrogen) atoms. The number of rotatable bonds is 64. The van der Waals surface area contributed by atoms with Crippen molar-refractivity contribution in [2.75, 3.05) is 39.6 Å². The molecule has 19 heteroatoms. The largest absolute Gasteiger partial charge is 0.472 e. The van der Waals surface area contributed by atoms with Crippen molar-refractivity contribution in [2.45, 2.75) is 343 Å². The summed E-state index contributed by atoms with van der Waals surface area (Å²) >= 11 is 0. The van der Waals surface area contributed by atoms with Crippen LogP contribution in [0, 0.1) is 23.7 Å². The predicted octanol–water partition coefficient (Wildman–Crippen LogP) is 18.5. The highest BCUT2D eigenvalue weighted by Crippen LogP contribution is 2.45. The maximum atomic E-state index is 13.0. The number of carbonyl (C=O) groups is 4. The molecule has 0 aromatic rings. The Labute approximate surface area is 524 Å². The molecule has 0 saturated heterocycles. The van der Waals surface area contributed by atoms with Crippen LogP contribution in [0.4, 0.5) is 0 Å². The molecule has 0 aromatic heterocycles. The number of esters is 4. The van der Waals surface area contributed by atoms with Crippen molar-refractivity contribution < 1.29 is 80.2 Å². The van der Waals surface area contributed by atoms with Gasteiger partial charge in [-0.2, -0.15) is 0 Å². The van der Waals surface area contributed by atoms with E-state index in [2.05, 4.69) is 55.4 Å². The van der Waals surface area contributed by atoms with Gasteiger partial charge in [-0.05, 0) is 49.4 Å². The Kier molecular flexibility index (Phi) is 55.7. The molecule has 0 aliphatic heterocycles. The average molecular weight is 1270 g/mol. The quantitative estimate of drug-likeness (QED) is 0.0222. The Balaban J connectivity index is 5.21. The highest BCUT2D eigenvalue weighted by Gasteiger charge is 2.30. The van der Waals surface area contributed by atoms with E-state index in [0.717, 1.165) is 108 Å². The fourth-order valence-corrected chi connectivity index (χ4v) is 11.5. The number of ether oxygens (including phenoxy) is 4. The molecule has 0 saturated carbocycles. The van der Waals surface area contributed by atoms with Crippen LogP contribution in [0.2, 0.25) is 0 Å². The van der Waals surface area contributed by atoms with E-state index in [1.807, 2.05) is 0 Å². The zero-order valence-electron chi connectivity index (χ0n) is 55.9. The monoisotopic (exact) mass is 1270 g/mol. The van der Waals surface area contributed by atoms with E-state index in [1.54, 1.807) is 0 Å². The van der Waals surface area contributed by atoms with Crippen LogP contribution >= 0.6 is 15.6 Å². The normalized spacial score (nSPS) is 14.4. The Morgan fingerprint density at radius 3 is 0.721 bits per heavy atom. The summed E-state index contributed by atoms with van der Waals surface area (Å²) in [6.07, 6.45) is 37.9. The molecular formula is C67H130O17P2. The lowest BCUT2D eigenvalue weighted by Crippen LogP contribution is -2.30. The summed E-state index contributed by atoms with van der Waals surface area (Å²) in [5.74, 6) is 0.737. The van der Waals surface area contributed by atoms with Gasteiger partial charge < -0.3 is 33.8 Å². The second-order valence-corrected chi connectivity index (χ2v) is 29.0. The van der Waals surface area contributed by atoms with Crippen LogP contribution in [-0.2, 0) is 65.4 Å². The summed E-state index contributed by atoms with van der Waals surface area (Å²) in [5.41, 5.74) is 0. The Hall–Kier alpha value is -1.94. The lowest BCUT2D eigenvalue weighted by molar-refractivity contribution is -0.161. The van der Waals surface area contributed by atoms with Crippen LogP contribution in [0.25, 0.3) is 0 Å². The molecule has 0 radical (unpaired) electrons. The predicted molar refractivity (Wildman–Crippen MR) is 344 cm³/mol. The van der Waals surface area contributed by atoms with Gasteiger partial charge in [-0.1, -0.05) is 274 Å². The standard InChI is InChI=1S/C67H130O17P2/c1-57(2)43-35-27-19-15-12-10-9-11-13-17-21-31-39-47-64(69)77-53-62(83-66(71)49-41-33-22-18-14-16-20-28-36-44-58(3)4)55-81-85(73,74)79-51-61(68)52-80-86(75,76)82-56-63(84-67(72)50-42-34-26-24-30-38-46-60(7)8)54-78-65(70)48-40-32-25-23-29-37-45-59(5)6/h57-63,68H,9-56H2,1-8H3,(H,73,74)(H,75,76)/t61-,62-,63-/m1/s1. The van der Waals surface area contributed by atoms with E-state index in [4.69, 9.17) is 37.0 Å². The Morgan fingerprint density at radius 2 is 0.488 bits per heavy atom. The minimum atomic E-state index is -4.95. The summed E-state index contributed by atoms with van der Waals surface area (Å²) < 4.78 is 68.1. The molecule has 0 spiro atoms. The smallest absolute Gasteiger partial charge is 0.462 e. The number of unbranched alkanes of at least 4 members (excludes halogenated alkanes) is 30. The SMILES string of the molecule is CC(C)CCCCCCCCCCCCCCCC(=O)OC[C@H](COP(=O)(O)OC[C@@H](O)COP(=O)(O)OC[C@@H](COC(=O)CCCCCCCCC(C)C)OC(=O)CCCCCCCCC(C)C)OC(=O)CCCCCCCCCCCC(C)C. The highest BCUT2D eigenvalue weighted by atomic mass is 31.2. The zero-order chi connectivity index (χ0) is 63.9. The number of phosphoric ester groups is 2. The molecule has 0 bridgehead atoms. The number of hydrogen-bond donors (Lipinski definition) is 3. The maximum Gasteiger partial charge on any atom is 0.472 e. The molecule has 0 aromatic carbocycles. The third-order valence-electron chi connectivity index (χ3n) is 15.3. The molecule has 0 aliphatic rings. The minimum absolute atomic E-state index is 0.100. The van der Waals surface area contributed by atoms with Crippen molar-refractivity contribution in [1.29, 1.82) is 0 Å². The summed E-state index contributed by atoms with van der Waals surface area (Å²) in [7, 11) is -9.89. The van der Waals surface area contributed by atoms with Gasteiger partial charge in [0, 0.05) is 25.7 Å². The fraction of sp³-hybridized carbons (Fsp3) is 0.940. The molecular weight excluding hydrogens is 1140 g/mol. The molecule has 510 valence electrons. The van der Waals surface area contributed by atoms with E-state index >= 15 is 0 Å². The fourth-order valence-electron chi connectivity index (χ4n) is 9.96. The van der Waals surface area contributed by atoms with Gasteiger partial charge in [0.1, 0.15) is 19.3 Å². The van der Waals surface area contributed by atoms with Crippen LogP contribution in [0.1, 0.15) is 325 Å². The van der Waals surface area contributed by atoms with Crippen molar-refractivity contribution in [3.8, 4) is 0 Å². The van der Waals surface area contributed by atoms with E-state index in [-0.39, 0.29) is 25.7 Å². The number of carbonyl (C=O) groups excluding carboxylic acids is 4. The van der Waals surface area contributed by atoms with Crippen LogP contribution in [0.15, 0.2) is 0 Å². The van der Waals surface area contributed by atoms with Crippen molar-refractivity contribution in [3.05, 3.63) is 0 Å². The van der Waals surface area contributed by atoms with Crippen LogP contribution in [0.5, 0.6) is 0 Å². The number of aliphatic hydroxyl groups excluding tert-OH is 1. The summed E-state index contributed by atoms with van der Waals surface area (Å²) in [5, 5.41) is 10.5. The third kappa shape index (κ3) is 60.9. The minimum Gasteiger partial charge on any atom is -0.462 e. The first-order chi connectivity index (χ1) is 41.1. The topological polar surface area (TPSA) is 237 Å². The van der Waals surface area contributed by atoms with Crippen LogP contribution < -0.4 is 0 Å². The average Bonchev–Trinajstić information content (AvgIpc) is 3.58. The second kappa shape index (κ2) is 57.0. The molecule has 2 unspecified atom stereocenters. The molecule has 0 heterocycles. The first kappa shape index (κ1) is 84.1. The molecule has 0 amide bonds. The van der Waals surface area contributed by atoms with Gasteiger partial charge in [0.05, 0.1) is 26.4 Å². The van der Waals surface area contributed by atoms with E-state index in [0.29, 0.717) is 37.5 Å². The second-order valence-electron chi connectivity index (χ2n) is 26.1. The Bertz CT molecular complexity index is 1710. The van der Waals surface area contributed by atoms with Crippen LogP contribution in [0.3, 0.4) is 0 Å². The lowest BCUT2D eigenvalue weighted by Gasteiger charge is -2.21. The van der Waals surface area contributed by atoms with Gasteiger partial charge in [-0.3, -0.25) is 37.3 Å². The van der Waals surface area contributed by atoms with E-state index in [1.165, 1.54) is 122 Å². The first-order valence-electron chi connectivity index (χ1n) is 34.7. The van der Waals surface area contributed by atoms with Gasteiger partial charge in [-0.15, -0.1) is 0 Å². The summed E-state index contributed by atoms with van der Waals surface area (Å²) in [6, 6.07) is 0. The molecule has 0 rings (SSSR count). The molecule has 0 aliphatic carbocycles. The van der Waals surface area contributed by atoms with Crippen molar-refractivity contribution in [1.82, 2.24) is 0 Å². The van der Waals surface area contributed by atoms with Gasteiger partial charge >= 0.3 is 39.5 Å². The molecule has 5 atom stereocenters. The van der Waals surface area contributed by atoms with Gasteiger partial charge in [0.15, 0.2) is 12.2 Å². The zero-order valence-corrected chi connectivity index (χ0v) is 57.7. The van der Waals surface area contributed by atoms with Crippen molar-refractivity contribution in [3.63, 3.8) is 0 Å². The summed E-state index contributed by atoms with van der Waals surface area (Å²) in [6.45, 7) is 13.9. The number of phosphoric acid groups is 2. The van der Waals surface area contributed by atoms with E-state index < -0.39 is 97.5 Å².